The van der Waals surface area contributed by atoms with Crippen molar-refractivity contribution in [2.75, 3.05) is 0 Å². The van der Waals surface area contributed by atoms with E-state index in [1.807, 2.05) is 0 Å². The zero-order valence-corrected chi connectivity index (χ0v) is 18.0. The Morgan fingerprint density at radius 3 is 1.73 bits per heavy atom. The van der Waals surface area contributed by atoms with Gasteiger partial charge in [-0.2, -0.15) is 0 Å². The molecule has 1 nitrogen and oxygen atoms in total. The molecule has 0 saturated carbocycles. The largest absolute Gasteiger partial charge is 0.456 e. The van der Waals surface area contributed by atoms with Gasteiger partial charge in [0.1, 0.15) is 11.2 Å². The molecule has 0 aliphatic heterocycles. The summed E-state index contributed by atoms with van der Waals surface area (Å²) in [7, 11) is 0. The average Bonchev–Trinajstić information content (AvgIpc) is 3.24. The van der Waals surface area contributed by atoms with Gasteiger partial charge < -0.3 is 4.42 Å². The minimum atomic E-state index is 0.925. The molecule has 6 aromatic carbocycles. The first kappa shape index (κ1) is 18.2. The van der Waals surface area contributed by atoms with Crippen LogP contribution in [0.3, 0.4) is 0 Å². The summed E-state index contributed by atoms with van der Waals surface area (Å²) in [6.07, 6.45) is 0. The van der Waals surface area contributed by atoms with Gasteiger partial charge in [-0.15, -0.1) is 0 Å². The molecule has 0 fully saturated rings. The maximum atomic E-state index is 6.22. The Balaban J connectivity index is 1.47. The molecule has 1 aromatic heterocycles. The van der Waals surface area contributed by atoms with Crippen LogP contribution >= 0.6 is 0 Å². The summed E-state index contributed by atoms with van der Waals surface area (Å²) in [5.74, 6) is 0. The van der Waals surface area contributed by atoms with E-state index in [9.17, 15) is 0 Å². The molecule has 0 amide bonds. The highest BCUT2D eigenvalue weighted by atomic mass is 16.3. The number of benzene rings is 6. The maximum Gasteiger partial charge on any atom is 0.136 e. The summed E-state index contributed by atoms with van der Waals surface area (Å²) < 4.78 is 6.22. The van der Waals surface area contributed by atoms with E-state index in [0.717, 1.165) is 21.9 Å². The van der Waals surface area contributed by atoms with Crippen LogP contribution in [0.15, 0.2) is 126 Å². The lowest BCUT2D eigenvalue weighted by atomic mass is 9.91. The third kappa shape index (κ3) is 2.86. The maximum absolute atomic E-state index is 6.22. The van der Waals surface area contributed by atoms with Gasteiger partial charge in [-0.05, 0) is 68.1 Å². The average molecular weight is 421 g/mol. The number of furan rings is 1. The van der Waals surface area contributed by atoms with Crippen molar-refractivity contribution in [3.05, 3.63) is 121 Å². The van der Waals surface area contributed by atoms with E-state index in [-0.39, 0.29) is 0 Å². The predicted octanol–water partition coefficient (Wildman–Crippen LogP) is 9.23. The smallest absolute Gasteiger partial charge is 0.136 e. The molecule has 33 heavy (non-hydrogen) atoms. The van der Waals surface area contributed by atoms with E-state index < -0.39 is 0 Å². The van der Waals surface area contributed by atoms with E-state index in [0.29, 0.717) is 0 Å². The molecule has 1 heterocycles. The lowest BCUT2D eigenvalue weighted by Gasteiger charge is -2.12. The standard InChI is InChI=1S/C32H20O/c1-2-8-21(9-3-1)25-15-16-26(28-13-7-6-12-27(25)28)24-14-17-31-29(19-24)30-18-22-10-4-5-11-23(22)20-32(30)33-31/h1-20H. The van der Waals surface area contributed by atoms with Crippen LogP contribution in [0.2, 0.25) is 0 Å². The second-order valence-electron chi connectivity index (χ2n) is 8.58. The van der Waals surface area contributed by atoms with Gasteiger partial charge in [0.05, 0.1) is 0 Å². The van der Waals surface area contributed by atoms with Crippen LogP contribution in [0.25, 0.3) is 65.7 Å². The highest BCUT2D eigenvalue weighted by Gasteiger charge is 2.13. The Morgan fingerprint density at radius 1 is 0.364 bits per heavy atom. The number of hydrogen-bond acceptors (Lipinski definition) is 1. The van der Waals surface area contributed by atoms with E-state index in [4.69, 9.17) is 4.42 Å². The predicted molar refractivity (Wildman–Crippen MR) is 140 cm³/mol. The summed E-state index contributed by atoms with van der Waals surface area (Å²) >= 11 is 0. The van der Waals surface area contributed by atoms with Crippen molar-refractivity contribution < 1.29 is 4.42 Å². The molecule has 7 rings (SSSR count). The summed E-state index contributed by atoms with van der Waals surface area (Å²) in [6, 6.07) is 43.2. The van der Waals surface area contributed by atoms with Gasteiger partial charge >= 0.3 is 0 Å². The Bertz CT molecular complexity index is 1810. The first-order chi connectivity index (χ1) is 16.3. The summed E-state index contributed by atoms with van der Waals surface area (Å²) in [5.41, 5.74) is 6.80. The van der Waals surface area contributed by atoms with E-state index in [2.05, 4.69) is 121 Å². The highest BCUT2D eigenvalue weighted by Crippen LogP contribution is 2.39. The van der Waals surface area contributed by atoms with Gasteiger partial charge in [-0.3, -0.25) is 0 Å². The minimum Gasteiger partial charge on any atom is -0.456 e. The molecule has 0 bridgehead atoms. The minimum absolute atomic E-state index is 0.925. The van der Waals surface area contributed by atoms with Crippen LogP contribution in [-0.4, -0.2) is 0 Å². The monoisotopic (exact) mass is 420 g/mol. The van der Waals surface area contributed by atoms with E-state index >= 15 is 0 Å². The molecular weight excluding hydrogens is 400 g/mol. The Morgan fingerprint density at radius 2 is 0.970 bits per heavy atom. The second-order valence-corrected chi connectivity index (χ2v) is 8.58. The fraction of sp³-hybridized carbons (Fsp3) is 0. The topological polar surface area (TPSA) is 13.1 Å². The zero-order valence-electron chi connectivity index (χ0n) is 18.0. The number of fused-ring (bicyclic) bond motifs is 5. The van der Waals surface area contributed by atoms with Gasteiger partial charge in [0.15, 0.2) is 0 Å². The third-order valence-electron chi connectivity index (χ3n) is 6.66. The first-order valence-electron chi connectivity index (χ1n) is 11.3. The van der Waals surface area contributed by atoms with Gasteiger partial charge in [0.2, 0.25) is 0 Å². The third-order valence-corrected chi connectivity index (χ3v) is 6.66. The molecule has 0 atom stereocenters. The molecule has 0 spiro atoms. The fourth-order valence-electron chi connectivity index (χ4n) is 5.05. The van der Waals surface area contributed by atoms with Crippen LogP contribution in [-0.2, 0) is 0 Å². The molecule has 0 aliphatic carbocycles. The molecular formula is C32H20O. The molecule has 0 N–H and O–H groups in total. The van der Waals surface area contributed by atoms with E-state index in [1.165, 1.54) is 43.8 Å². The van der Waals surface area contributed by atoms with Crippen molar-refractivity contribution in [1.29, 1.82) is 0 Å². The fourth-order valence-corrected chi connectivity index (χ4v) is 5.05. The van der Waals surface area contributed by atoms with Gasteiger partial charge in [-0.1, -0.05) is 97.1 Å². The second kappa shape index (κ2) is 7.08. The highest BCUT2D eigenvalue weighted by molar-refractivity contribution is 6.12. The molecule has 0 unspecified atom stereocenters. The Labute approximate surface area is 191 Å². The Kier molecular flexibility index (Phi) is 3.91. The van der Waals surface area contributed by atoms with Crippen molar-refractivity contribution in [3.63, 3.8) is 0 Å². The SMILES string of the molecule is c1ccc(-c2ccc(-c3ccc4oc5cc6ccccc6cc5c4c3)c3ccccc23)cc1. The lowest BCUT2D eigenvalue weighted by Crippen LogP contribution is -1.86. The van der Waals surface area contributed by atoms with Crippen LogP contribution < -0.4 is 0 Å². The molecule has 0 saturated heterocycles. The van der Waals surface area contributed by atoms with Crippen molar-refractivity contribution in [3.8, 4) is 22.3 Å². The van der Waals surface area contributed by atoms with Crippen molar-refractivity contribution >= 4 is 43.5 Å². The molecule has 7 aromatic rings. The van der Waals surface area contributed by atoms with Gasteiger partial charge in [0, 0.05) is 10.8 Å². The quantitative estimate of drug-likeness (QED) is 0.272. The first-order valence-corrected chi connectivity index (χ1v) is 11.3. The van der Waals surface area contributed by atoms with Crippen LogP contribution in [0.5, 0.6) is 0 Å². The summed E-state index contributed by atoms with van der Waals surface area (Å²) in [4.78, 5) is 0. The van der Waals surface area contributed by atoms with Crippen LogP contribution in [0.1, 0.15) is 0 Å². The normalized spacial score (nSPS) is 11.6. The number of hydrogen-bond donors (Lipinski definition) is 0. The van der Waals surface area contributed by atoms with Crippen molar-refractivity contribution in [1.82, 2.24) is 0 Å². The van der Waals surface area contributed by atoms with E-state index in [1.54, 1.807) is 0 Å². The summed E-state index contributed by atoms with van der Waals surface area (Å²) in [6.45, 7) is 0. The van der Waals surface area contributed by atoms with Crippen molar-refractivity contribution in [2.24, 2.45) is 0 Å². The molecule has 1 heteroatoms. The Hall–Kier alpha value is -4.36. The van der Waals surface area contributed by atoms with Crippen LogP contribution in [0, 0.1) is 0 Å². The van der Waals surface area contributed by atoms with Crippen molar-refractivity contribution in [2.45, 2.75) is 0 Å². The summed E-state index contributed by atoms with van der Waals surface area (Å²) in [5, 5.41) is 7.28. The molecule has 154 valence electrons. The molecule has 0 radical (unpaired) electrons. The van der Waals surface area contributed by atoms with Crippen LogP contribution in [0.4, 0.5) is 0 Å². The molecule has 0 aliphatic rings. The number of rotatable bonds is 2. The zero-order chi connectivity index (χ0) is 21.8. The lowest BCUT2D eigenvalue weighted by molar-refractivity contribution is 0.669. The van der Waals surface area contributed by atoms with Gasteiger partial charge in [-0.25, -0.2) is 0 Å². The van der Waals surface area contributed by atoms with Gasteiger partial charge in [0.25, 0.3) is 0 Å².